The van der Waals surface area contributed by atoms with E-state index in [4.69, 9.17) is 0 Å². The van der Waals surface area contributed by atoms with E-state index in [0.717, 1.165) is 80.7 Å². The molecule has 2 amide bonds. The van der Waals surface area contributed by atoms with Crippen LogP contribution in [0.1, 0.15) is 63.0 Å². The van der Waals surface area contributed by atoms with E-state index in [2.05, 4.69) is 17.1 Å². The highest BCUT2D eigenvalue weighted by molar-refractivity contribution is 6.00. The number of carbonyl (C=O) groups is 2. The third-order valence-corrected chi connectivity index (χ3v) is 7.90. The molecule has 1 N–H and O–H groups in total. The van der Waals surface area contributed by atoms with Gasteiger partial charge < -0.3 is 10.2 Å². The quantitative estimate of drug-likeness (QED) is 0.390. The maximum absolute atomic E-state index is 13.6. The summed E-state index contributed by atoms with van der Waals surface area (Å²) in [7, 11) is 0. The molecular formula is C30H38F3N3O2. The van der Waals surface area contributed by atoms with Crippen molar-refractivity contribution in [3.63, 3.8) is 0 Å². The molecule has 1 saturated heterocycles. The average Bonchev–Trinajstić information content (AvgIpc) is 3.20. The number of halogens is 3. The Morgan fingerprint density at radius 3 is 2.05 bits per heavy atom. The molecule has 38 heavy (non-hydrogen) atoms. The number of amides is 2. The molecule has 0 radical (unpaired) electrons. The van der Waals surface area contributed by atoms with Crippen molar-refractivity contribution in [3.8, 4) is 11.1 Å². The van der Waals surface area contributed by atoms with Crippen LogP contribution in [0.5, 0.6) is 0 Å². The molecule has 2 aromatic carbocycles. The monoisotopic (exact) mass is 529 g/mol. The van der Waals surface area contributed by atoms with Crippen molar-refractivity contribution in [3.05, 3.63) is 59.7 Å². The van der Waals surface area contributed by atoms with E-state index in [0.29, 0.717) is 19.3 Å². The number of piperazine rings is 1. The smallest absolute Gasteiger partial charge is 0.346 e. The van der Waals surface area contributed by atoms with Gasteiger partial charge in [-0.2, -0.15) is 13.2 Å². The Labute approximate surface area is 223 Å². The van der Waals surface area contributed by atoms with Gasteiger partial charge in [0.2, 0.25) is 11.8 Å². The maximum Gasteiger partial charge on any atom is 0.405 e. The van der Waals surface area contributed by atoms with Crippen LogP contribution in [0.25, 0.3) is 11.1 Å². The second-order valence-electron chi connectivity index (χ2n) is 10.4. The van der Waals surface area contributed by atoms with E-state index in [1.807, 2.05) is 53.4 Å². The van der Waals surface area contributed by atoms with Crippen LogP contribution in [0.2, 0.25) is 0 Å². The van der Waals surface area contributed by atoms with E-state index in [9.17, 15) is 22.8 Å². The molecular weight excluding hydrogens is 491 g/mol. The number of nitrogens with zero attached hydrogens (tertiary/aromatic N) is 2. The standard InChI is InChI=1S/C30H38F3N3O2/c1-2-3-4-15-27(37)36-20-18-35(19-21-36)17-10-9-16-29(28(38)34-22-30(31,32)33)25-13-7-5-11-23(25)24-12-6-8-14-26(24)29/h5-8,11-14H,2-4,9-10,15-22H2,1H3,(H,34,38). The fourth-order valence-electron chi connectivity index (χ4n) is 5.92. The Hall–Kier alpha value is -2.87. The zero-order valence-electron chi connectivity index (χ0n) is 22.2. The van der Waals surface area contributed by atoms with Gasteiger partial charge in [-0.3, -0.25) is 14.5 Å². The van der Waals surface area contributed by atoms with Gasteiger partial charge in [0.25, 0.3) is 0 Å². The van der Waals surface area contributed by atoms with Gasteiger partial charge in [0.05, 0.1) is 0 Å². The topological polar surface area (TPSA) is 52.7 Å². The van der Waals surface area contributed by atoms with Crippen molar-refractivity contribution < 1.29 is 22.8 Å². The number of alkyl halides is 3. The van der Waals surface area contributed by atoms with Crippen LogP contribution in [-0.4, -0.2) is 67.1 Å². The predicted octanol–water partition coefficient (Wildman–Crippen LogP) is 5.53. The first kappa shape index (κ1) is 28.1. The number of hydrogen-bond acceptors (Lipinski definition) is 3. The van der Waals surface area contributed by atoms with Crippen LogP contribution in [0.3, 0.4) is 0 Å². The van der Waals surface area contributed by atoms with Crippen LogP contribution < -0.4 is 5.32 Å². The molecule has 0 spiro atoms. The second-order valence-corrected chi connectivity index (χ2v) is 10.4. The Morgan fingerprint density at radius 1 is 0.868 bits per heavy atom. The summed E-state index contributed by atoms with van der Waals surface area (Å²) in [6.07, 6.45) is 1.21. The number of benzene rings is 2. The number of nitrogens with one attached hydrogen (secondary N) is 1. The number of carbonyl (C=O) groups excluding carboxylic acids is 2. The van der Waals surface area contributed by atoms with E-state index < -0.39 is 24.0 Å². The first-order chi connectivity index (χ1) is 18.3. The van der Waals surface area contributed by atoms with Crippen LogP contribution in [-0.2, 0) is 15.0 Å². The van der Waals surface area contributed by atoms with E-state index in [-0.39, 0.29) is 5.91 Å². The zero-order chi connectivity index (χ0) is 27.2. The van der Waals surface area contributed by atoms with Gasteiger partial charge in [-0.05, 0) is 48.1 Å². The van der Waals surface area contributed by atoms with E-state index in [1.54, 1.807) is 0 Å². The van der Waals surface area contributed by atoms with Gasteiger partial charge in [-0.1, -0.05) is 74.7 Å². The van der Waals surface area contributed by atoms with Crippen molar-refractivity contribution in [1.82, 2.24) is 15.1 Å². The van der Waals surface area contributed by atoms with Crippen molar-refractivity contribution in [2.75, 3.05) is 39.3 Å². The SMILES string of the molecule is CCCCCC(=O)N1CCN(CCCCC2(C(=O)NCC(F)(F)F)c3ccccc3-c3ccccc32)CC1. The summed E-state index contributed by atoms with van der Waals surface area (Å²) in [4.78, 5) is 30.3. The molecule has 0 atom stereocenters. The molecule has 0 bridgehead atoms. The lowest BCUT2D eigenvalue weighted by molar-refractivity contribution is -0.141. The Morgan fingerprint density at radius 2 is 1.47 bits per heavy atom. The lowest BCUT2D eigenvalue weighted by Gasteiger charge is -2.35. The van der Waals surface area contributed by atoms with Crippen molar-refractivity contribution in [1.29, 1.82) is 0 Å². The molecule has 206 valence electrons. The van der Waals surface area contributed by atoms with Gasteiger partial charge >= 0.3 is 6.18 Å². The number of rotatable bonds is 11. The summed E-state index contributed by atoms with van der Waals surface area (Å²) in [5, 5.41) is 2.20. The van der Waals surface area contributed by atoms with Crippen LogP contribution >= 0.6 is 0 Å². The molecule has 5 nitrogen and oxygen atoms in total. The largest absolute Gasteiger partial charge is 0.405 e. The first-order valence-electron chi connectivity index (χ1n) is 13.8. The number of fused-ring (bicyclic) bond motifs is 3. The summed E-state index contributed by atoms with van der Waals surface area (Å²) >= 11 is 0. The Bertz CT molecular complexity index is 1060. The molecule has 0 unspecified atom stereocenters. The summed E-state index contributed by atoms with van der Waals surface area (Å²) in [6.45, 7) is 4.72. The molecule has 1 fully saturated rings. The molecule has 4 rings (SSSR count). The highest BCUT2D eigenvalue weighted by Gasteiger charge is 2.49. The van der Waals surface area contributed by atoms with Gasteiger partial charge in [0, 0.05) is 32.6 Å². The van der Waals surface area contributed by atoms with Gasteiger partial charge in [-0.15, -0.1) is 0 Å². The average molecular weight is 530 g/mol. The number of hydrogen-bond donors (Lipinski definition) is 1. The minimum absolute atomic E-state index is 0.239. The van der Waals surface area contributed by atoms with Crippen LogP contribution in [0.15, 0.2) is 48.5 Å². The van der Waals surface area contributed by atoms with Gasteiger partial charge in [-0.25, -0.2) is 0 Å². The number of unbranched alkanes of at least 4 members (excludes halogenated alkanes) is 3. The fourth-order valence-corrected chi connectivity index (χ4v) is 5.92. The fraction of sp³-hybridized carbons (Fsp3) is 0.533. The minimum Gasteiger partial charge on any atom is -0.346 e. The van der Waals surface area contributed by atoms with Crippen LogP contribution in [0, 0.1) is 0 Å². The van der Waals surface area contributed by atoms with Crippen molar-refractivity contribution in [2.24, 2.45) is 0 Å². The second kappa shape index (κ2) is 12.3. The zero-order valence-corrected chi connectivity index (χ0v) is 22.2. The highest BCUT2D eigenvalue weighted by atomic mass is 19.4. The maximum atomic E-state index is 13.6. The Balaban J connectivity index is 1.41. The normalized spacial score (nSPS) is 16.7. The van der Waals surface area contributed by atoms with Crippen LogP contribution in [0.4, 0.5) is 13.2 Å². The molecule has 1 heterocycles. The molecule has 0 saturated carbocycles. The summed E-state index contributed by atoms with van der Waals surface area (Å²) < 4.78 is 39.1. The Kier molecular flexibility index (Phi) is 9.13. The van der Waals surface area contributed by atoms with E-state index >= 15 is 0 Å². The lowest BCUT2D eigenvalue weighted by Crippen LogP contribution is -2.49. The van der Waals surface area contributed by atoms with Gasteiger partial charge in [0.1, 0.15) is 12.0 Å². The molecule has 0 aromatic heterocycles. The lowest BCUT2D eigenvalue weighted by atomic mass is 9.73. The third-order valence-electron chi connectivity index (χ3n) is 7.90. The third kappa shape index (κ3) is 6.22. The van der Waals surface area contributed by atoms with E-state index in [1.165, 1.54) is 0 Å². The molecule has 8 heteroatoms. The van der Waals surface area contributed by atoms with Crippen molar-refractivity contribution in [2.45, 2.75) is 63.5 Å². The summed E-state index contributed by atoms with van der Waals surface area (Å²) in [6, 6.07) is 15.1. The van der Waals surface area contributed by atoms with Gasteiger partial charge in [0.15, 0.2) is 0 Å². The summed E-state index contributed by atoms with van der Waals surface area (Å²) in [5.41, 5.74) is 2.21. The molecule has 2 aliphatic rings. The minimum atomic E-state index is -4.48. The first-order valence-corrected chi connectivity index (χ1v) is 13.8. The summed E-state index contributed by atoms with van der Waals surface area (Å²) in [5.74, 6) is -0.356. The predicted molar refractivity (Wildman–Crippen MR) is 143 cm³/mol. The van der Waals surface area contributed by atoms with Crippen molar-refractivity contribution >= 4 is 11.8 Å². The molecule has 1 aliphatic carbocycles. The highest BCUT2D eigenvalue weighted by Crippen LogP contribution is 2.51. The molecule has 2 aromatic rings. The molecule has 1 aliphatic heterocycles.